The molecule has 1 aliphatic heterocycles. The van der Waals surface area contributed by atoms with Crippen molar-refractivity contribution in [3.8, 4) is 0 Å². The zero-order valence-corrected chi connectivity index (χ0v) is 14.8. The molecule has 25 heavy (non-hydrogen) atoms. The fourth-order valence-electron chi connectivity index (χ4n) is 3.09. The van der Waals surface area contributed by atoms with Crippen LogP contribution < -0.4 is 5.32 Å². The van der Waals surface area contributed by atoms with Crippen molar-refractivity contribution < 1.29 is 19.5 Å². The van der Waals surface area contributed by atoms with Crippen molar-refractivity contribution in [1.82, 2.24) is 10.2 Å². The lowest BCUT2D eigenvalue weighted by Gasteiger charge is -2.17. The topological polar surface area (TPSA) is 86.7 Å². The molecule has 6 nitrogen and oxygen atoms in total. The number of benzene rings is 1. The second kappa shape index (κ2) is 8.65. The Hall–Kier alpha value is -2.37. The van der Waals surface area contributed by atoms with E-state index in [4.69, 9.17) is 0 Å². The number of likely N-dealkylation sites (tertiary alicyclic amines) is 1. The van der Waals surface area contributed by atoms with Crippen molar-refractivity contribution >= 4 is 17.8 Å². The SMILES string of the molecule is CC(C)CCC(=O)NCC(=O)N1CC(C(=O)O)C(c2ccccc2)C1. The van der Waals surface area contributed by atoms with Crippen LogP contribution in [-0.4, -0.2) is 47.4 Å². The maximum Gasteiger partial charge on any atom is 0.308 e. The van der Waals surface area contributed by atoms with Gasteiger partial charge in [-0.3, -0.25) is 14.4 Å². The molecule has 0 spiro atoms. The highest BCUT2D eigenvalue weighted by Crippen LogP contribution is 2.32. The molecule has 1 aromatic carbocycles. The molecule has 1 aromatic rings. The molecular formula is C19H26N2O4. The first kappa shape index (κ1) is 19.0. The van der Waals surface area contributed by atoms with Crippen LogP contribution in [0.2, 0.25) is 0 Å². The molecule has 136 valence electrons. The Balaban J connectivity index is 1.93. The Kier molecular flexibility index (Phi) is 6.56. The first-order chi connectivity index (χ1) is 11.9. The van der Waals surface area contributed by atoms with Crippen molar-refractivity contribution in [2.24, 2.45) is 11.8 Å². The first-order valence-electron chi connectivity index (χ1n) is 8.70. The van der Waals surface area contributed by atoms with E-state index in [0.29, 0.717) is 18.9 Å². The third kappa shape index (κ3) is 5.31. The average molecular weight is 346 g/mol. The predicted molar refractivity (Wildman–Crippen MR) is 94.0 cm³/mol. The molecule has 0 aliphatic carbocycles. The van der Waals surface area contributed by atoms with Gasteiger partial charge in [-0.15, -0.1) is 0 Å². The number of carbonyl (C=O) groups excluding carboxylic acids is 2. The van der Waals surface area contributed by atoms with E-state index in [1.165, 1.54) is 0 Å². The van der Waals surface area contributed by atoms with Crippen molar-refractivity contribution in [3.05, 3.63) is 35.9 Å². The van der Waals surface area contributed by atoms with Crippen LogP contribution in [0.1, 0.15) is 38.2 Å². The third-order valence-electron chi connectivity index (χ3n) is 4.60. The number of carboxylic acids is 1. The highest BCUT2D eigenvalue weighted by Gasteiger charge is 2.40. The Morgan fingerprint density at radius 3 is 2.48 bits per heavy atom. The van der Waals surface area contributed by atoms with Gasteiger partial charge in [-0.25, -0.2) is 0 Å². The first-order valence-corrected chi connectivity index (χ1v) is 8.70. The molecule has 1 saturated heterocycles. The van der Waals surface area contributed by atoms with Gasteiger partial charge >= 0.3 is 5.97 Å². The summed E-state index contributed by atoms with van der Waals surface area (Å²) >= 11 is 0. The molecule has 1 fully saturated rings. The van der Waals surface area contributed by atoms with Gasteiger partial charge in [-0.05, 0) is 17.9 Å². The standard InChI is InChI=1S/C19H26N2O4/c1-13(2)8-9-17(22)20-10-18(23)21-11-15(16(12-21)19(24)25)14-6-4-3-5-7-14/h3-7,13,15-16H,8-12H2,1-2H3,(H,20,22)(H,24,25). The summed E-state index contributed by atoms with van der Waals surface area (Å²) in [6, 6.07) is 9.40. The van der Waals surface area contributed by atoms with E-state index < -0.39 is 11.9 Å². The van der Waals surface area contributed by atoms with Gasteiger partial charge in [0.05, 0.1) is 12.5 Å². The molecule has 0 bridgehead atoms. The summed E-state index contributed by atoms with van der Waals surface area (Å²) in [6.45, 7) is 4.54. The van der Waals surface area contributed by atoms with Crippen molar-refractivity contribution in [2.45, 2.75) is 32.6 Å². The van der Waals surface area contributed by atoms with E-state index in [-0.39, 0.29) is 30.8 Å². The molecule has 2 N–H and O–H groups in total. The van der Waals surface area contributed by atoms with Gasteiger partial charge in [-0.2, -0.15) is 0 Å². The Morgan fingerprint density at radius 2 is 1.88 bits per heavy atom. The maximum absolute atomic E-state index is 12.4. The van der Waals surface area contributed by atoms with Gasteiger partial charge in [0.1, 0.15) is 0 Å². The Bertz CT molecular complexity index is 615. The second-order valence-electron chi connectivity index (χ2n) is 6.97. The second-order valence-corrected chi connectivity index (χ2v) is 6.97. The van der Waals surface area contributed by atoms with Crippen molar-refractivity contribution in [3.63, 3.8) is 0 Å². The van der Waals surface area contributed by atoms with Crippen molar-refractivity contribution in [2.75, 3.05) is 19.6 Å². The third-order valence-corrected chi connectivity index (χ3v) is 4.60. The van der Waals surface area contributed by atoms with Gasteiger partial charge in [0.2, 0.25) is 11.8 Å². The summed E-state index contributed by atoms with van der Waals surface area (Å²) in [7, 11) is 0. The van der Waals surface area contributed by atoms with E-state index in [1.54, 1.807) is 4.90 Å². The monoisotopic (exact) mass is 346 g/mol. The van der Waals surface area contributed by atoms with E-state index in [2.05, 4.69) is 5.32 Å². The fraction of sp³-hybridized carbons (Fsp3) is 0.526. The minimum Gasteiger partial charge on any atom is -0.481 e. The molecule has 1 heterocycles. The summed E-state index contributed by atoms with van der Waals surface area (Å²) in [5.74, 6) is -1.69. The van der Waals surface area contributed by atoms with Crippen LogP contribution in [0.4, 0.5) is 0 Å². The molecule has 2 rings (SSSR count). The van der Waals surface area contributed by atoms with Crippen LogP contribution in [0.5, 0.6) is 0 Å². The molecule has 0 saturated carbocycles. The molecule has 0 radical (unpaired) electrons. The highest BCUT2D eigenvalue weighted by atomic mass is 16.4. The van der Waals surface area contributed by atoms with Gasteiger partial charge in [0.15, 0.2) is 0 Å². The summed E-state index contributed by atoms with van der Waals surface area (Å²) in [4.78, 5) is 37.2. The van der Waals surface area contributed by atoms with Gasteiger partial charge in [0, 0.05) is 25.4 Å². The summed E-state index contributed by atoms with van der Waals surface area (Å²) in [5, 5.41) is 12.1. The number of hydrogen-bond acceptors (Lipinski definition) is 3. The number of rotatable bonds is 7. The smallest absolute Gasteiger partial charge is 0.308 e. The van der Waals surface area contributed by atoms with Crippen molar-refractivity contribution in [1.29, 1.82) is 0 Å². The predicted octanol–water partition coefficient (Wildman–Crippen LogP) is 1.87. The van der Waals surface area contributed by atoms with Gasteiger partial charge < -0.3 is 15.3 Å². The lowest BCUT2D eigenvalue weighted by Crippen LogP contribution is -2.39. The normalized spacial score (nSPS) is 19.9. The number of nitrogens with one attached hydrogen (secondary N) is 1. The van der Waals surface area contributed by atoms with E-state index in [0.717, 1.165) is 12.0 Å². The fourth-order valence-corrected chi connectivity index (χ4v) is 3.09. The largest absolute Gasteiger partial charge is 0.481 e. The number of carbonyl (C=O) groups is 3. The number of nitrogens with zero attached hydrogens (tertiary/aromatic N) is 1. The highest BCUT2D eigenvalue weighted by molar-refractivity contribution is 5.85. The zero-order valence-electron chi connectivity index (χ0n) is 14.8. The van der Waals surface area contributed by atoms with Crippen LogP contribution in [0, 0.1) is 11.8 Å². The molecule has 2 amide bonds. The van der Waals surface area contributed by atoms with E-state index in [1.807, 2.05) is 44.2 Å². The van der Waals surface area contributed by atoms with E-state index >= 15 is 0 Å². The van der Waals surface area contributed by atoms with E-state index in [9.17, 15) is 19.5 Å². The van der Waals surface area contributed by atoms with Crippen LogP contribution in [-0.2, 0) is 14.4 Å². The molecule has 2 atom stereocenters. The lowest BCUT2D eigenvalue weighted by molar-refractivity contribution is -0.142. The minimum atomic E-state index is -0.898. The molecule has 1 aliphatic rings. The Morgan fingerprint density at radius 1 is 1.20 bits per heavy atom. The zero-order chi connectivity index (χ0) is 18.4. The van der Waals surface area contributed by atoms with Crippen LogP contribution >= 0.6 is 0 Å². The molecule has 6 heteroatoms. The molecule has 0 aromatic heterocycles. The molecule has 2 unspecified atom stereocenters. The number of amides is 2. The van der Waals surface area contributed by atoms with Crippen LogP contribution in [0.25, 0.3) is 0 Å². The number of hydrogen-bond donors (Lipinski definition) is 2. The summed E-state index contributed by atoms with van der Waals surface area (Å²) in [5.41, 5.74) is 0.922. The quantitative estimate of drug-likeness (QED) is 0.789. The summed E-state index contributed by atoms with van der Waals surface area (Å²) < 4.78 is 0. The lowest BCUT2D eigenvalue weighted by atomic mass is 9.89. The number of carboxylic acid groups (broad SMARTS) is 1. The van der Waals surface area contributed by atoms with Gasteiger partial charge in [0.25, 0.3) is 0 Å². The average Bonchev–Trinajstić information content (AvgIpc) is 3.04. The maximum atomic E-state index is 12.4. The van der Waals surface area contributed by atoms with Crippen LogP contribution in [0.3, 0.4) is 0 Å². The minimum absolute atomic E-state index is 0.0786. The van der Waals surface area contributed by atoms with Crippen LogP contribution in [0.15, 0.2) is 30.3 Å². The van der Waals surface area contributed by atoms with Gasteiger partial charge in [-0.1, -0.05) is 44.2 Å². The molecular weight excluding hydrogens is 320 g/mol. The number of aliphatic carboxylic acids is 1. The summed E-state index contributed by atoms with van der Waals surface area (Å²) in [6.07, 6.45) is 1.18. The Labute approximate surface area is 148 Å².